The van der Waals surface area contributed by atoms with E-state index in [1.165, 1.54) is 25.0 Å². The van der Waals surface area contributed by atoms with Crippen molar-refractivity contribution in [3.63, 3.8) is 0 Å². The zero-order valence-electron chi connectivity index (χ0n) is 11.9. The zero-order chi connectivity index (χ0) is 15.2. The van der Waals surface area contributed by atoms with Crippen LogP contribution in [0.15, 0.2) is 18.2 Å². The Morgan fingerprint density at radius 2 is 2.29 bits per heavy atom. The average Bonchev–Trinajstić information content (AvgIpc) is 2.52. The lowest BCUT2D eigenvalue weighted by atomic mass is 10.1. The van der Waals surface area contributed by atoms with Crippen LogP contribution in [0.2, 0.25) is 0 Å². The van der Waals surface area contributed by atoms with E-state index in [4.69, 9.17) is 0 Å². The lowest BCUT2D eigenvalue weighted by molar-refractivity contribution is -0.384. The molecule has 0 bridgehead atoms. The first-order valence-electron chi connectivity index (χ1n) is 6.98. The quantitative estimate of drug-likeness (QED) is 0.645. The van der Waals surface area contributed by atoms with Gasteiger partial charge in [0.2, 0.25) is 0 Å². The highest BCUT2D eigenvalue weighted by Gasteiger charge is 2.21. The first-order chi connectivity index (χ1) is 10.1. The third kappa shape index (κ3) is 3.87. The van der Waals surface area contributed by atoms with E-state index in [2.05, 4.69) is 10.6 Å². The van der Waals surface area contributed by atoms with Crippen LogP contribution in [0, 0.1) is 10.1 Å². The lowest BCUT2D eigenvalue weighted by Gasteiger charge is -2.21. The molecule has 1 saturated heterocycles. The van der Waals surface area contributed by atoms with Crippen molar-refractivity contribution in [2.75, 3.05) is 24.7 Å². The third-order valence-corrected chi connectivity index (χ3v) is 4.90. The Hall–Kier alpha value is -1.76. The molecule has 21 heavy (non-hydrogen) atoms. The summed E-state index contributed by atoms with van der Waals surface area (Å²) < 4.78 is 0. The lowest BCUT2D eigenvalue weighted by Crippen LogP contribution is -2.32. The second-order valence-electron chi connectivity index (χ2n) is 4.91. The minimum absolute atomic E-state index is 0.0859. The van der Waals surface area contributed by atoms with Crippen molar-refractivity contribution < 1.29 is 9.72 Å². The summed E-state index contributed by atoms with van der Waals surface area (Å²) in [5.74, 6) is 0.869. The Morgan fingerprint density at radius 3 is 2.90 bits per heavy atom. The summed E-state index contributed by atoms with van der Waals surface area (Å²) in [6, 6.07) is 4.52. The molecule has 1 unspecified atom stereocenters. The molecule has 0 saturated carbocycles. The highest BCUT2D eigenvalue weighted by atomic mass is 32.2. The largest absolute Gasteiger partial charge is 0.382 e. The molecule has 1 amide bonds. The number of nitrogens with one attached hydrogen (secondary N) is 2. The molecular formula is C14H19N3O3S. The standard InChI is InChI=1S/C14H19N3O3S/c1-15-13-11(6-4-7-12(13)17(19)20)14(18)16-9-10-5-2-3-8-21-10/h4,6-7,10,15H,2-3,5,8-9H2,1H3,(H,16,18). The second kappa shape index (κ2) is 7.31. The van der Waals surface area contributed by atoms with Crippen LogP contribution in [0.25, 0.3) is 0 Å². The molecule has 1 heterocycles. The summed E-state index contributed by atoms with van der Waals surface area (Å²) >= 11 is 1.88. The topological polar surface area (TPSA) is 84.3 Å². The van der Waals surface area contributed by atoms with E-state index in [0.717, 1.165) is 12.2 Å². The number of rotatable bonds is 5. The number of hydrogen-bond donors (Lipinski definition) is 2. The van der Waals surface area contributed by atoms with Gasteiger partial charge in [0.15, 0.2) is 0 Å². The van der Waals surface area contributed by atoms with Crippen molar-refractivity contribution in [1.82, 2.24) is 5.32 Å². The molecule has 2 rings (SSSR count). The predicted octanol–water partition coefficient (Wildman–Crippen LogP) is 2.65. The summed E-state index contributed by atoms with van der Waals surface area (Å²) in [5.41, 5.74) is 0.487. The summed E-state index contributed by atoms with van der Waals surface area (Å²) in [6.07, 6.45) is 3.55. The fourth-order valence-corrected chi connectivity index (χ4v) is 3.65. The van der Waals surface area contributed by atoms with E-state index in [-0.39, 0.29) is 17.3 Å². The molecule has 1 atom stereocenters. The molecule has 0 aliphatic carbocycles. The van der Waals surface area contributed by atoms with Crippen LogP contribution in [0.3, 0.4) is 0 Å². The number of anilines is 1. The molecule has 114 valence electrons. The molecule has 7 heteroatoms. The number of nitro benzene ring substituents is 1. The van der Waals surface area contributed by atoms with Gasteiger partial charge >= 0.3 is 0 Å². The molecule has 1 aliphatic rings. The van der Waals surface area contributed by atoms with Gasteiger partial charge in [0.05, 0.1) is 10.5 Å². The zero-order valence-corrected chi connectivity index (χ0v) is 12.7. The van der Waals surface area contributed by atoms with Gasteiger partial charge in [0.25, 0.3) is 11.6 Å². The number of nitrogens with zero attached hydrogens (tertiary/aromatic N) is 1. The van der Waals surface area contributed by atoms with Gasteiger partial charge < -0.3 is 10.6 Å². The highest BCUT2D eigenvalue weighted by molar-refractivity contribution is 7.99. The number of carbonyl (C=O) groups excluding carboxylic acids is 1. The molecule has 0 radical (unpaired) electrons. The van der Waals surface area contributed by atoms with Gasteiger partial charge in [0.1, 0.15) is 5.69 Å². The molecule has 1 fully saturated rings. The molecule has 1 aromatic carbocycles. The molecule has 1 aromatic rings. The van der Waals surface area contributed by atoms with E-state index in [0.29, 0.717) is 17.4 Å². The molecule has 1 aliphatic heterocycles. The van der Waals surface area contributed by atoms with Crippen molar-refractivity contribution in [2.45, 2.75) is 24.5 Å². The van der Waals surface area contributed by atoms with E-state index in [1.54, 1.807) is 13.1 Å². The fraction of sp³-hybridized carbons (Fsp3) is 0.500. The SMILES string of the molecule is CNc1c(C(=O)NCC2CCCCS2)cccc1[N+](=O)[O-]. The maximum Gasteiger partial charge on any atom is 0.293 e. The number of amides is 1. The Balaban J connectivity index is 2.07. The van der Waals surface area contributed by atoms with Crippen LogP contribution >= 0.6 is 11.8 Å². The Bertz CT molecular complexity index is 530. The van der Waals surface area contributed by atoms with Gasteiger partial charge in [-0.15, -0.1) is 0 Å². The van der Waals surface area contributed by atoms with Crippen LogP contribution in [-0.2, 0) is 0 Å². The van der Waals surface area contributed by atoms with Gasteiger partial charge in [-0.2, -0.15) is 11.8 Å². The summed E-state index contributed by atoms with van der Waals surface area (Å²) in [6.45, 7) is 0.606. The van der Waals surface area contributed by atoms with Gasteiger partial charge in [0, 0.05) is 24.9 Å². The number of carbonyl (C=O) groups is 1. The maximum absolute atomic E-state index is 12.3. The van der Waals surface area contributed by atoms with Crippen LogP contribution in [0.5, 0.6) is 0 Å². The van der Waals surface area contributed by atoms with Crippen molar-refractivity contribution in [3.05, 3.63) is 33.9 Å². The normalized spacial score (nSPS) is 18.0. The average molecular weight is 309 g/mol. The van der Waals surface area contributed by atoms with Gasteiger partial charge in [-0.1, -0.05) is 12.5 Å². The highest BCUT2D eigenvalue weighted by Crippen LogP contribution is 2.28. The molecule has 6 nitrogen and oxygen atoms in total. The van der Waals surface area contributed by atoms with Crippen molar-refractivity contribution in [2.24, 2.45) is 0 Å². The van der Waals surface area contributed by atoms with E-state index in [9.17, 15) is 14.9 Å². The number of thioether (sulfide) groups is 1. The third-order valence-electron chi connectivity index (χ3n) is 3.50. The number of benzene rings is 1. The Kier molecular flexibility index (Phi) is 5.44. The van der Waals surface area contributed by atoms with Crippen LogP contribution in [0.4, 0.5) is 11.4 Å². The summed E-state index contributed by atoms with van der Waals surface area (Å²) in [7, 11) is 1.58. The number of nitro groups is 1. The second-order valence-corrected chi connectivity index (χ2v) is 6.31. The van der Waals surface area contributed by atoms with Crippen LogP contribution in [-0.4, -0.2) is 35.4 Å². The van der Waals surface area contributed by atoms with E-state index in [1.807, 2.05) is 11.8 Å². The Labute approximate surface area is 127 Å². The first-order valence-corrected chi connectivity index (χ1v) is 8.03. The fourth-order valence-electron chi connectivity index (χ4n) is 2.41. The van der Waals surface area contributed by atoms with E-state index >= 15 is 0 Å². The monoisotopic (exact) mass is 309 g/mol. The maximum atomic E-state index is 12.3. The molecule has 2 N–H and O–H groups in total. The minimum atomic E-state index is -0.487. The van der Waals surface area contributed by atoms with E-state index < -0.39 is 4.92 Å². The predicted molar refractivity (Wildman–Crippen MR) is 85.1 cm³/mol. The number of para-hydroxylation sites is 1. The molecular weight excluding hydrogens is 290 g/mol. The first kappa shape index (κ1) is 15.6. The van der Waals surface area contributed by atoms with Crippen molar-refractivity contribution in [1.29, 1.82) is 0 Å². The minimum Gasteiger partial charge on any atom is -0.382 e. The van der Waals surface area contributed by atoms with Gasteiger partial charge in [-0.05, 0) is 24.7 Å². The van der Waals surface area contributed by atoms with Crippen molar-refractivity contribution >= 4 is 29.0 Å². The Morgan fingerprint density at radius 1 is 1.48 bits per heavy atom. The summed E-state index contributed by atoms with van der Waals surface area (Å²) in [5, 5.41) is 17.1. The molecule has 0 aromatic heterocycles. The van der Waals surface area contributed by atoms with Crippen LogP contribution in [0.1, 0.15) is 29.6 Å². The summed E-state index contributed by atoms with van der Waals surface area (Å²) in [4.78, 5) is 22.8. The van der Waals surface area contributed by atoms with Gasteiger partial charge in [-0.25, -0.2) is 0 Å². The van der Waals surface area contributed by atoms with Gasteiger partial charge in [-0.3, -0.25) is 14.9 Å². The molecule has 0 spiro atoms. The van der Waals surface area contributed by atoms with Crippen LogP contribution < -0.4 is 10.6 Å². The number of hydrogen-bond acceptors (Lipinski definition) is 5. The smallest absolute Gasteiger partial charge is 0.293 e. The van der Waals surface area contributed by atoms with Crippen molar-refractivity contribution in [3.8, 4) is 0 Å².